The summed E-state index contributed by atoms with van der Waals surface area (Å²) < 4.78 is 27.0. The minimum atomic E-state index is -0.374. The molecule has 7 heteroatoms. The molecule has 1 aliphatic rings. The number of ether oxygens (including phenoxy) is 5. The fourth-order valence-corrected chi connectivity index (χ4v) is 4.58. The molecule has 2 aromatic rings. The van der Waals surface area contributed by atoms with Crippen molar-refractivity contribution in [2.24, 2.45) is 0 Å². The zero-order valence-corrected chi connectivity index (χ0v) is 19.8. The van der Waals surface area contributed by atoms with Gasteiger partial charge in [0, 0.05) is 18.6 Å². The van der Waals surface area contributed by atoms with Gasteiger partial charge in [-0.1, -0.05) is 6.07 Å². The molecule has 1 heterocycles. The number of carbonyl (C=O) groups is 1. The van der Waals surface area contributed by atoms with Crippen molar-refractivity contribution in [1.29, 1.82) is 0 Å². The molecule has 2 aromatic carbocycles. The number of carbonyl (C=O) groups excluding carboxylic acids is 1. The molecule has 3 rings (SSSR count). The fourth-order valence-electron chi connectivity index (χ4n) is 4.58. The summed E-state index contributed by atoms with van der Waals surface area (Å²) >= 11 is 0. The summed E-state index contributed by atoms with van der Waals surface area (Å²) in [7, 11) is 7.99. The predicted molar refractivity (Wildman–Crippen MR) is 122 cm³/mol. The zero-order valence-electron chi connectivity index (χ0n) is 19.8. The molecule has 0 N–H and O–H groups in total. The molecule has 0 saturated heterocycles. The van der Waals surface area contributed by atoms with Crippen LogP contribution in [0.2, 0.25) is 0 Å². The van der Waals surface area contributed by atoms with Gasteiger partial charge < -0.3 is 23.7 Å². The lowest BCUT2D eigenvalue weighted by Gasteiger charge is -2.46. The molecule has 0 spiro atoms. The van der Waals surface area contributed by atoms with Gasteiger partial charge >= 0.3 is 5.97 Å². The van der Waals surface area contributed by atoms with Crippen LogP contribution in [-0.4, -0.2) is 59.5 Å². The first kappa shape index (κ1) is 23.7. The molecular weight excluding hydrogens is 410 g/mol. The second-order valence-corrected chi connectivity index (χ2v) is 8.07. The second kappa shape index (κ2) is 10.1. The summed E-state index contributed by atoms with van der Waals surface area (Å²) in [6, 6.07) is 10.1. The normalized spacial score (nSPS) is 17.9. The Morgan fingerprint density at radius 1 is 0.906 bits per heavy atom. The molecule has 0 amide bonds. The fraction of sp³-hybridized carbons (Fsp3) is 0.480. The molecule has 0 saturated carbocycles. The Bertz CT molecular complexity index is 960. The number of esters is 1. The third-order valence-electron chi connectivity index (χ3n) is 6.35. The summed E-state index contributed by atoms with van der Waals surface area (Å²) in [6.45, 7) is 3.64. The Morgan fingerprint density at radius 3 is 2.16 bits per heavy atom. The van der Waals surface area contributed by atoms with Crippen molar-refractivity contribution >= 4 is 5.97 Å². The predicted octanol–water partition coefficient (Wildman–Crippen LogP) is 3.60. The number of fused-ring (bicyclic) bond motifs is 1. The van der Waals surface area contributed by atoms with Crippen LogP contribution in [0, 0.1) is 0 Å². The van der Waals surface area contributed by atoms with Gasteiger partial charge in [-0.25, -0.2) is 0 Å². The Hall–Kier alpha value is -2.93. The first-order valence-electron chi connectivity index (χ1n) is 10.7. The monoisotopic (exact) mass is 443 g/mol. The Morgan fingerprint density at radius 2 is 1.53 bits per heavy atom. The average Bonchev–Trinajstić information content (AvgIpc) is 2.82. The van der Waals surface area contributed by atoms with Crippen LogP contribution in [0.25, 0.3) is 0 Å². The summed E-state index contributed by atoms with van der Waals surface area (Å²) in [4.78, 5) is 14.2. The number of nitrogens with zero attached hydrogens (tertiary/aromatic N) is 1. The van der Waals surface area contributed by atoms with E-state index in [9.17, 15) is 4.79 Å². The highest BCUT2D eigenvalue weighted by Crippen LogP contribution is 2.43. The molecule has 0 aromatic heterocycles. The van der Waals surface area contributed by atoms with Gasteiger partial charge in [-0.15, -0.1) is 0 Å². The first-order chi connectivity index (χ1) is 15.4. The van der Waals surface area contributed by atoms with Gasteiger partial charge in [-0.3, -0.25) is 9.69 Å². The summed E-state index contributed by atoms with van der Waals surface area (Å²) in [5.41, 5.74) is 3.12. The number of rotatable bonds is 9. The van der Waals surface area contributed by atoms with Crippen LogP contribution in [0.4, 0.5) is 0 Å². The van der Waals surface area contributed by atoms with Gasteiger partial charge in [0.2, 0.25) is 0 Å². The van der Waals surface area contributed by atoms with E-state index in [-0.39, 0.29) is 11.5 Å². The standard InChI is InChI=1S/C25H33NO6/c1-25(16-17-7-8-20(28-2)21(13-17)29-3)19-15-23(31-5)22(30-4)14-18(19)9-11-26(25)12-10-24(27)32-6/h7-8,13-15H,9-12,16H2,1-6H3. The van der Waals surface area contributed by atoms with E-state index in [4.69, 9.17) is 23.7 Å². The molecule has 0 radical (unpaired) electrons. The second-order valence-electron chi connectivity index (χ2n) is 8.07. The number of hydrogen-bond donors (Lipinski definition) is 0. The molecule has 0 fully saturated rings. The third-order valence-corrected chi connectivity index (χ3v) is 6.35. The number of methoxy groups -OCH3 is 5. The Balaban J connectivity index is 2.06. The molecule has 1 unspecified atom stereocenters. The molecule has 174 valence electrons. The van der Waals surface area contributed by atoms with Gasteiger partial charge in [0.05, 0.1) is 42.0 Å². The number of hydrogen-bond acceptors (Lipinski definition) is 7. The van der Waals surface area contributed by atoms with Crippen LogP contribution in [-0.2, 0) is 27.9 Å². The van der Waals surface area contributed by atoms with E-state index in [2.05, 4.69) is 30.0 Å². The van der Waals surface area contributed by atoms with Crippen molar-refractivity contribution in [2.75, 3.05) is 48.6 Å². The van der Waals surface area contributed by atoms with E-state index in [1.54, 1.807) is 28.4 Å². The first-order valence-corrected chi connectivity index (χ1v) is 10.7. The van der Waals surface area contributed by atoms with Gasteiger partial charge in [0.15, 0.2) is 23.0 Å². The maximum absolute atomic E-state index is 11.9. The minimum Gasteiger partial charge on any atom is -0.493 e. The summed E-state index contributed by atoms with van der Waals surface area (Å²) in [5, 5.41) is 0. The molecular formula is C25H33NO6. The van der Waals surface area contributed by atoms with Crippen LogP contribution >= 0.6 is 0 Å². The highest BCUT2D eigenvalue weighted by atomic mass is 16.5. The topological polar surface area (TPSA) is 66.5 Å². The largest absolute Gasteiger partial charge is 0.493 e. The SMILES string of the molecule is COC(=O)CCN1CCc2cc(OC)c(OC)cc2C1(C)Cc1ccc(OC)c(OC)c1. The zero-order chi connectivity index (χ0) is 23.3. The van der Waals surface area contributed by atoms with Crippen molar-refractivity contribution in [3.63, 3.8) is 0 Å². The van der Waals surface area contributed by atoms with E-state index >= 15 is 0 Å². The third kappa shape index (κ3) is 4.63. The van der Waals surface area contributed by atoms with E-state index in [1.165, 1.54) is 18.2 Å². The van der Waals surface area contributed by atoms with Crippen LogP contribution in [0.3, 0.4) is 0 Å². The van der Waals surface area contributed by atoms with E-state index in [0.29, 0.717) is 30.2 Å². The number of benzene rings is 2. The van der Waals surface area contributed by atoms with Crippen molar-refractivity contribution in [1.82, 2.24) is 4.90 Å². The van der Waals surface area contributed by atoms with Crippen LogP contribution in [0.15, 0.2) is 30.3 Å². The Labute approximate surface area is 190 Å². The molecule has 7 nitrogen and oxygen atoms in total. The van der Waals surface area contributed by atoms with Gasteiger partial charge in [0.1, 0.15) is 0 Å². The van der Waals surface area contributed by atoms with Crippen molar-refractivity contribution < 1.29 is 28.5 Å². The van der Waals surface area contributed by atoms with E-state index < -0.39 is 0 Å². The maximum Gasteiger partial charge on any atom is 0.306 e. The van der Waals surface area contributed by atoms with Crippen molar-refractivity contribution in [2.45, 2.75) is 31.7 Å². The average molecular weight is 444 g/mol. The summed E-state index contributed by atoms with van der Waals surface area (Å²) in [5.74, 6) is 2.59. The molecule has 0 bridgehead atoms. The highest BCUT2D eigenvalue weighted by molar-refractivity contribution is 5.69. The molecule has 1 atom stereocenters. The van der Waals surface area contributed by atoms with Crippen molar-refractivity contribution in [3.05, 3.63) is 47.0 Å². The molecule has 1 aliphatic heterocycles. The Kier molecular flexibility index (Phi) is 7.51. The maximum atomic E-state index is 11.9. The smallest absolute Gasteiger partial charge is 0.306 e. The van der Waals surface area contributed by atoms with E-state index in [0.717, 1.165) is 30.7 Å². The minimum absolute atomic E-state index is 0.212. The molecule has 32 heavy (non-hydrogen) atoms. The van der Waals surface area contributed by atoms with Crippen LogP contribution < -0.4 is 18.9 Å². The van der Waals surface area contributed by atoms with Crippen LogP contribution in [0.1, 0.15) is 30.0 Å². The van der Waals surface area contributed by atoms with E-state index in [1.807, 2.05) is 12.1 Å². The lowest BCUT2D eigenvalue weighted by molar-refractivity contribution is -0.141. The lowest BCUT2D eigenvalue weighted by atomic mass is 9.77. The van der Waals surface area contributed by atoms with Crippen molar-refractivity contribution in [3.8, 4) is 23.0 Å². The van der Waals surface area contributed by atoms with Crippen LogP contribution in [0.5, 0.6) is 23.0 Å². The quantitative estimate of drug-likeness (QED) is 0.549. The molecule has 0 aliphatic carbocycles. The van der Waals surface area contributed by atoms with Gasteiger partial charge in [-0.05, 0) is 60.7 Å². The summed E-state index contributed by atoms with van der Waals surface area (Å²) in [6.07, 6.45) is 1.91. The van der Waals surface area contributed by atoms with Gasteiger partial charge in [-0.2, -0.15) is 0 Å². The van der Waals surface area contributed by atoms with Gasteiger partial charge in [0.25, 0.3) is 0 Å². The highest BCUT2D eigenvalue weighted by Gasteiger charge is 2.40. The lowest BCUT2D eigenvalue weighted by Crippen LogP contribution is -2.50.